The standard InChI is InChI=1S/C11H8BrFO2/c12-7-3-1-6-2-4-8(9(6)5-7)10(13)11(14)15/h1,3,5H,2,4H2,(H,14,15)/b10-8+. The monoisotopic (exact) mass is 270 g/mol. The van der Waals surface area contributed by atoms with Crippen LogP contribution in [0.4, 0.5) is 4.39 Å². The van der Waals surface area contributed by atoms with Gasteiger partial charge in [0.2, 0.25) is 5.83 Å². The number of rotatable bonds is 1. The van der Waals surface area contributed by atoms with E-state index in [0.29, 0.717) is 24.0 Å². The van der Waals surface area contributed by atoms with Crippen molar-refractivity contribution >= 4 is 27.5 Å². The Labute approximate surface area is 94.5 Å². The van der Waals surface area contributed by atoms with E-state index >= 15 is 0 Å². The molecule has 0 bridgehead atoms. The summed E-state index contributed by atoms with van der Waals surface area (Å²) in [6, 6.07) is 5.53. The number of carboxylic acids is 1. The second-order valence-electron chi connectivity index (χ2n) is 3.40. The van der Waals surface area contributed by atoms with Gasteiger partial charge in [-0.1, -0.05) is 22.0 Å². The summed E-state index contributed by atoms with van der Waals surface area (Å²) >= 11 is 3.29. The Bertz CT molecular complexity index is 466. The Hall–Kier alpha value is -1.16. The molecule has 1 aliphatic carbocycles. The quantitative estimate of drug-likeness (QED) is 0.796. The van der Waals surface area contributed by atoms with Crippen molar-refractivity contribution in [1.82, 2.24) is 0 Å². The molecule has 15 heavy (non-hydrogen) atoms. The average Bonchev–Trinajstić information content (AvgIpc) is 2.59. The lowest BCUT2D eigenvalue weighted by Gasteiger charge is -2.02. The molecule has 2 nitrogen and oxygen atoms in total. The summed E-state index contributed by atoms with van der Waals surface area (Å²) < 4.78 is 14.1. The van der Waals surface area contributed by atoms with E-state index in [1.165, 1.54) is 0 Å². The van der Waals surface area contributed by atoms with E-state index in [0.717, 1.165) is 10.0 Å². The van der Waals surface area contributed by atoms with Gasteiger partial charge in [-0.2, -0.15) is 4.39 Å². The Kier molecular flexibility index (Phi) is 2.61. The van der Waals surface area contributed by atoms with Crippen molar-refractivity contribution in [1.29, 1.82) is 0 Å². The molecular weight excluding hydrogens is 263 g/mol. The first kappa shape index (κ1) is 10.4. The highest BCUT2D eigenvalue weighted by molar-refractivity contribution is 9.10. The SMILES string of the molecule is O=C(O)/C(F)=C1/CCc2ccc(Br)cc21. The minimum atomic E-state index is -1.49. The average molecular weight is 271 g/mol. The second-order valence-corrected chi connectivity index (χ2v) is 4.31. The molecule has 2 rings (SSSR count). The zero-order valence-corrected chi connectivity index (χ0v) is 9.34. The van der Waals surface area contributed by atoms with Crippen LogP contribution in [-0.2, 0) is 11.2 Å². The summed E-state index contributed by atoms with van der Waals surface area (Å²) in [5.41, 5.74) is 2.02. The Balaban J connectivity index is 2.57. The third-order valence-electron chi connectivity index (χ3n) is 2.49. The molecule has 1 aromatic carbocycles. The number of halogens is 2. The van der Waals surface area contributed by atoms with Gasteiger partial charge in [-0.3, -0.25) is 0 Å². The fourth-order valence-electron chi connectivity index (χ4n) is 1.80. The number of carboxylic acid groups (broad SMARTS) is 1. The molecule has 0 aliphatic heterocycles. The van der Waals surface area contributed by atoms with E-state index in [-0.39, 0.29) is 0 Å². The number of aliphatic carboxylic acids is 1. The number of hydrogen-bond acceptors (Lipinski definition) is 1. The van der Waals surface area contributed by atoms with E-state index in [4.69, 9.17) is 5.11 Å². The summed E-state index contributed by atoms with van der Waals surface area (Å²) in [5.74, 6) is -2.52. The van der Waals surface area contributed by atoms with Gasteiger partial charge in [-0.25, -0.2) is 4.79 Å². The zero-order chi connectivity index (χ0) is 11.0. The Morgan fingerprint density at radius 1 is 1.40 bits per heavy atom. The molecule has 0 saturated heterocycles. The summed E-state index contributed by atoms with van der Waals surface area (Å²) in [6.07, 6.45) is 1.17. The summed E-state index contributed by atoms with van der Waals surface area (Å²) in [6.45, 7) is 0. The van der Waals surface area contributed by atoms with Crippen LogP contribution in [0.15, 0.2) is 28.5 Å². The first-order chi connectivity index (χ1) is 7.09. The molecule has 4 heteroatoms. The number of benzene rings is 1. The van der Waals surface area contributed by atoms with Gasteiger partial charge in [0, 0.05) is 10.0 Å². The van der Waals surface area contributed by atoms with Crippen molar-refractivity contribution in [3.63, 3.8) is 0 Å². The molecule has 0 fully saturated rings. The number of aryl methyl sites for hydroxylation is 1. The van der Waals surface area contributed by atoms with Crippen LogP contribution in [0.2, 0.25) is 0 Å². The Morgan fingerprint density at radius 3 is 2.80 bits per heavy atom. The predicted molar refractivity (Wildman–Crippen MR) is 58.1 cm³/mol. The van der Waals surface area contributed by atoms with Gasteiger partial charge in [0.1, 0.15) is 0 Å². The van der Waals surface area contributed by atoms with Crippen LogP contribution in [0.1, 0.15) is 17.5 Å². The predicted octanol–water partition coefficient (Wildman–Crippen LogP) is 3.16. The molecule has 1 aliphatic rings. The van der Waals surface area contributed by atoms with Crippen LogP contribution < -0.4 is 0 Å². The van der Waals surface area contributed by atoms with E-state index in [1.807, 2.05) is 12.1 Å². The van der Waals surface area contributed by atoms with Crippen LogP contribution in [-0.4, -0.2) is 11.1 Å². The van der Waals surface area contributed by atoms with Gasteiger partial charge in [0.05, 0.1) is 0 Å². The lowest BCUT2D eigenvalue weighted by atomic mass is 10.1. The molecule has 1 N–H and O–H groups in total. The minimum absolute atomic E-state index is 0.304. The van der Waals surface area contributed by atoms with Gasteiger partial charge in [-0.05, 0) is 36.1 Å². The van der Waals surface area contributed by atoms with E-state index in [9.17, 15) is 9.18 Å². The first-order valence-corrected chi connectivity index (χ1v) is 5.29. The van der Waals surface area contributed by atoms with Crippen LogP contribution in [0.25, 0.3) is 5.57 Å². The number of allylic oxidation sites excluding steroid dienone is 1. The highest BCUT2D eigenvalue weighted by Crippen LogP contribution is 2.36. The molecular formula is C11H8BrFO2. The van der Waals surface area contributed by atoms with Crippen molar-refractivity contribution < 1.29 is 14.3 Å². The van der Waals surface area contributed by atoms with Gasteiger partial charge >= 0.3 is 5.97 Å². The van der Waals surface area contributed by atoms with Crippen molar-refractivity contribution in [3.05, 3.63) is 39.6 Å². The normalized spacial score (nSPS) is 17.5. The summed E-state index contributed by atoms with van der Waals surface area (Å²) in [4.78, 5) is 10.5. The molecule has 78 valence electrons. The largest absolute Gasteiger partial charge is 0.476 e. The van der Waals surface area contributed by atoms with Crippen LogP contribution in [0.5, 0.6) is 0 Å². The fourth-order valence-corrected chi connectivity index (χ4v) is 2.16. The topological polar surface area (TPSA) is 37.3 Å². The summed E-state index contributed by atoms with van der Waals surface area (Å²) in [7, 11) is 0. The molecule has 0 heterocycles. The van der Waals surface area contributed by atoms with E-state index < -0.39 is 11.8 Å². The zero-order valence-electron chi connectivity index (χ0n) is 7.76. The molecule has 0 radical (unpaired) electrons. The highest BCUT2D eigenvalue weighted by atomic mass is 79.9. The van der Waals surface area contributed by atoms with Gasteiger partial charge in [0.15, 0.2) is 0 Å². The van der Waals surface area contributed by atoms with Gasteiger partial charge in [-0.15, -0.1) is 0 Å². The molecule has 0 atom stereocenters. The molecule has 0 unspecified atom stereocenters. The lowest BCUT2D eigenvalue weighted by Crippen LogP contribution is -1.97. The maximum absolute atomic E-state index is 13.3. The highest BCUT2D eigenvalue weighted by Gasteiger charge is 2.23. The first-order valence-electron chi connectivity index (χ1n) is 4.50. The third kappa shape index (κ3) is 1.81. The third-order valence-corrected chi connectivity index (χ3v) is 2.99. The van der Waals surface area contributed by atoms with Crippen molar-refractivity contribution in [2.45, 2.75) is 12.8 Å². The molecule has 0 aromatic heterocycles. The van der Waals surface area contributed by atoms with Crippen LogP contribution in [0.3, 0.4) is 0 Å². The van der Waals surface area contributed by atoms with Crippen molar-refractivity contribution in [3.8, 4) is 0 Å². The summed E-state index contributed by atoms with van der Waals surface area (Å²) in [5, 5.41) is 8.59. The molecule has 0 saturated carbocycles. The number of hydrogen-bond donors (Lipinski definition) is 1. The molecule has 0 amide bonds. The molecule has 0 spiro atoms. The van der Waals surface area contributed by atoms with Crippen LogP contribution in [0, 0.1) is 0 Å². The number of carbonyl (C=O) groups is 1. The maximum Gasteiger partial charge on any atom is 0.365 e. The van der Waals surface area contributed by atoms with Crippen molar-refractivity contribution in [2.75, 3.05) is 0 Å². The maximum atomic E-state index is 13.3. The second kappa shape index (κ2) is 3.77. The Morgan fingerprint density at radius 2 is 2.13 bits per heavy atom. The van der Waals surface area contributed by atoms with E-state index in [2.05, 4.69) is 15.9 Å². The smallest absolute Gasteiger partial charge is 0.365 e. The molecule has 1 aromatic rings. The van der Waals surface area contributed by atoms with Gasteiger partial charge in [0.25, 0.3) is 0 Å². The number of fused-ring (bicyclic) bond motifs is 1. The van der Waals surface area contributed by atoms with Crippen LogP contribution >= 0.6 is 15.9 Å². The lowest BCUT2D eigenvalue weighted by molar-refractivity contribution is -0.134. The van der Waals surface area contributed by atoms with E-state index in [1.54, 1.807) is 6.07 Å². The fraction of sp³-hybridized carbons (Fsp3) is 0.182. The minimum Gasteiger partial charge on any atom is -0.476 e. The van der Waals surface area contributed by atoms with Gasteiger partial charge < -0.3 is 5.11 Å². The van der Waals surface area contributed by atoms with Crippen molar-refractivity contribution in [2.24, 2.45) is 0 Å².